The fraction of sp³-hybridized carbons (Fsp3) is 0.100. The maximum Gasteiger partial charge on any atom is 0.265 e. The summed E-state index contributed by atoms with van der Waals surface area (Å²) in [7, 11) is 0. The molecule has 5 nitrogen and oxygen atoms in total. The highest BCUT2D eigenvalue weighted by atomic mass is 32.1. The normalized spacial score (nSPS) is 10.3. The lowest BCUT2D eigenvalue weighted by Gasteiger charge is -2.12. The second-order valence-corrected chi connectivity index (χ2v) is 6.46. The summed E-state index contributed by atoms with van der Waals surface area (Å²) in [4.78, 5) is 25.4. The number of rotatable bonds is 6. The van der Waals surface area contributed by atoms with Crippen LogP contribution in [0.25, 0.3) is 0 Å². The van der Waals surface area contributed by atoms with Crippen LogP contribution in [0.2, 0.25) is 0 Å². The smallest absolute Gasteiger partial charge is 0.265 e. The second kappa shape index (κ2) is 8.46. The van der Waals surface area contributed by atoms with Crippen molar-refractivity contribution in [2.24, 2.45) is 0 Å². The predicted molar refractivity (Wildman–Crippen MR) is 104 cm³/mol. The van der Waals surface area contributed by atoms with Gasteiger partial charge >= 0.3 is 0 Å². The zero-order valence-corrected chi connectivity index (χ0v) is 15.3. The van der Waals surface area contributed by atoms with Crippen LogP contribution in [0.1, 0.15) is 27.0 Å². The lowest BCUT2D eigenvalue weighted by Crippen LogP contribution is -2.17. The number of hydrogen-bond acceptors (Lipinski definition) is 4. The number of para-hydroxylation sites is 1. The van der Waals surface area contributed by atoms with Crippen LogP contribution in [-0.2, 0) is 0 Å². The molecule has 3 rings (SSSR count). The lowest BCUT2D eigenvalue weighted by atomic mass is 10.1. The molecule has 2 aromatic carbocycles. The summed E-state index contributed by atoms with van der Waals surface area (Å²) < 4.78 is 19.1. The largest absolute Gasteiger partial charge is 0.491 e. The Bertz CT molecular complexity index is 958. The van der Waals surface area contributed by atoms with Gasteiger partial charge in [-0.25, -0.2) is 4.39 Å². The Kier molecular flexibility index (Phi) is 5.83. The molecule has 0 aliphatic heterocycles. The van der Waals surface area contributed by atoms with Gasteiger partial charge in [0.1, 0.15) is 0 Å². The monoisotopic (exact) mass is 384 g/mol. The van der Waals surface area contributed by atoms with Crippen molar-refractivity contribution in [3.8, 4) is 5.75 Å². The number of nitrogens with one attached hydrogen (secondary N) is 2. The van der Waals surface area contributed by atoms with Gasteiger partial charge in [-0.2, -0.15) is 0 Å². The van der Waals surface area contributed by atoms with Crippen LogP contribution >= 0.6 is 11.3 Å². The highest BCUT2D eigenvalue weighted by Gasteiger charge is 2.15. The topological polar surface area (TPSA) is 67.4 Å². The quantitative estimate of drug-likeness (QED) is 0.642. The van der Waals surface area contributed by atoms with Gasteiger partial charge in [-0.15, -0.1) is 11.3 Å². The van der Waals surface area contributed by atoms with Crippen LogP contribution in [0.5, 0.6) is 5.75 Å². The number of carbonyl (C=O) groups excluding carboxylic acids is 2. The van der Waals surface area contributed by atoms with E-state index in [1.54, 1.807) is 54.8 Å². The van der Waals surface area contributed by atoms with Crippen molar-refractivity contribution in [1.82, 2.24) is 0 Å². The first kappa shape index (κ1) is 18.6. The average molecular weight is 384 g/mol. The van der Waals surface area contributed by atoms with Crippen LogP contribution in [0.15, 0.2) is 60.0 Å². The standard InChI is InChI=1S/C20H17FN2O3S/c1-2-26-17-10-9-13(12-15(17)21)22-19(24)14-6-3-4-7-16(14)23-20(25)18-8-5-11-27-18/h3-12H,2H2,1H3,(H,22,24)(H,23,25). The summed E-state index contributed by atoms with van der Waals surface area (Å²) in [6.07, 6.45) is 0. The third-order valence-electron chi connectivity index (χ3n) is 3.65. The van der Waals surface area contributed by atoms with E-state index in [9.17, 15) is 14.0 Å². The maximum atomic E-state index is 14.0. The highest BCUT2D eigenvalue weighted by Crippen LogP contribution is 2.23. The van der Waals surface area contributed by atoms with Gasteiger partial charge in [-0.1, -0.05) is 18.2 Å². The lowest BCUT2D eigenvalue weighted by molar-refractivity contribution is 0.102. The number of halogens is 1. The third-order valence-corrected chi connectivity index (χ3v) is 4.52. The van der Waals surface area contributed by atoms with E-state index in [-0.39, 0.29) is 17.2 Å². The third kappa shape index (κ3) is 4.51. The Hall–Kier alpha value is -3.19. The number of thiophene rings is 1. The van der Waals surface area contributed by atoms with Crippen molar-refractivity contribution in [1.29, 1.82) is 0 Å². The number of carbonyl (C=O) groups is 2. The fourth-order valence-corrected chi connectivity index (χ4v) is 3.05. The number of ether oxygens (including phenoxy) is 1. The van der Waals surface area contributed by atoms with E-state index in [0.29, 0.717) is 22.9 Å². The number of benzene rings is 2. The molecule has 0 saturated heterocycles. The van der Waals surface area contributed by atoms with Crippen molar-refractivity contribution >= 4 is 34.5 Å². The predicted octanol–water partition coefficient (Wildman–Crippen LogP) is 4.79. The Labute approximate surface area is 159 Å². The fourth-order valence-electron chi connectivity index (χ4n) is 2.43. The molecule has 138 valence electrons. The van der Waals surface area contributed by atoms with Crippen molar-refractivity contribution < 1.29 is 18.7 Å². The number of amides is 2. The van der Waals surface area contributed by atoms with Gasteiger partial charge in [0.15, 0.2) is 11.6 Å². The molecule has 0 atom stereocenters. The molecular weight excluding hydrogens is 367 g/mol. The first-order chi connectivity index (χ1) is 13.1. The molecule has 27 heavy (non-hydrogen) atoms. The summed E-state index contributed by atoms with van der Waals surface area (Å²) in [6, 6.07) is 14.3. The van der Waals surface area contributed by atoms with Gasteiger partial charge in [0, 0.05) is 11.8 Å². The van der Waals surface area contributed by atoms with Crippen LogP contribution in [0.3, 0.4) is 0 Å². The molecular formula is C20H17FN2O3S. The SMILES string of the molecule is CCOc1ccc(NC(=O)c2ccccc2NC(=O)c2cccs2)cc1F. The first-order valence-corrected chi connectivity index (χ1v) is 9.14. The van der Waals surface area contributed by atoms with Crippen LogP contribution in [-0.4, -0.2) is 18.4 Å². The summed E-state index contributed by atoms with van der Waals surface area (Å²) in [5.74, 6) is -1.19. The molecule has 0 fully saturated rings. The summed E-state index contributed by atoms with van der Waals surface area (Å²) in [5.41, 5.74) is 0.942. The molecule has 0 bridgehead atoms. The zero-order valence-electron chi connectivity index (χ0n) is 14.5. The van der Waals surface area contributed by atoms with E-state index in [0.717, 1.165) is 0 Å². The molecule has 0 aliphatic carbocycles. The molecule has 2 amide bonds. The Balaban J connectivity index is 1.77. The number of hydrogen-bond donors (Lipinski definition) is 2. The Morgan fingerprint density at radius 1 is 1.04 bits per heavy atom. The molecule has 1 aromatic heterocycles. The van der Waals surface area contributed by atoms with Gasteiger partial charge in [0.2, 0.25) is 0 Å². The minimum absolute atomic E-state index is 0.124. The van der Waals surface area contributed by atoms with Gasteiger partial charge < -0.3 is 15.4 Å². The summed E-state index contributed by atoms with van der Waals surface area (Å²) in [5, 5.41) is 7.17. The van der Waals surface area contributed by atoms with Crippen molar-refractivity contribution in [3.05, 3.63) is 76.2 Å². The Morgan fingerprint density at radius 2 is 1.85 bits per heavy atom. The zero-order chi connectivity index (χ0) is 19.2. The molecule has 0 aliphatic rings. The van der Waals surface area contributed by atoms with Crippen molar-refractivity contribution in [3.63, 3.8) is 0 Å². The highest BCUT2D eigenvalue weighted by molar-refractivity contribution is 7.12. The molecule has 0 spiro atoms. The van der Waals surface area contributed by atoms with E-state index >= 15 is 0 Å². The summed E-state index contributed by atoms with van der Waals surface area (Å²) >= 11 is 1.31. The van der Waals surface area contributed by atoms with E-state index in [2.05, 4.69) is 10.6 Å². The van der Waals surface area contributed by atoms with Gasteiger partial charge in [0.25, 0.3) is 11.8 Å². The van der Waals surface area contributed by atoms with E-state index in [1.165, 1.54) is 23.5 Å². The summed E-state index contributed by atoms with van der Waals surface area (Å²) in [6.45, 7) is 2.11. The second-order valence-electron chi connectivity index (χ2n) is 5.51. The van der Waals surface area contributed by atoms with Gasteiger partial charge in [-0.05, 0) is 42.6 Å². The average Bonchev–Trinajstić information content (AvgIpc) is 3.19. The molecule has 0 unspecified atom stereocenters. The first-order valence-electron chi connectivity index (χ1n) is 8.26. The molecule has 0 radical (unpaired) electrons. The minimum atomic E-state index is -0.561. The Morgan fingerprint density at radius 3 is 2.56 bits per heavy atom. The maximum absolute atomic E-state index is 14.0. The number of anilines is 2. The van der Waals surface area contributed by atoms with Gasteiger partial charge in [0.05, 0.1) is 22.7 Å². The van der Waals surface area contributed by atoms with Crippen molar-refractivity contribution in [2.75, 3.05) is 17.2 Å². The van der Waals surface area contributed by atoms with Crippen LogP contribution < -0.4 is 15.4 Å². The molecule has 7 heteroatoms. The van der Waals surface area contributed by atoms with Crippen molar-refractivity contribution in [2.45, 2.75) is 6.92 Å². The van der Waals surface area contributed by atoms with Crippen LogP contribution in [0.4, 0.5) is 15.8 Å². The van der Waals surface area contributed by atoms with E-state index in [4.69, 9.17) is 4.74 Å². The van der Waals surface area contributed by atoms with Gasteiger partial charge in [-0.3, -0.25) is 9.59 Å². The molecule has 1 heterocycles. The molecule has 2 N–H and O–H groups in total. The molecule has 3 aromatic rings. The van der Waals surface area contributed by atoms with E-state index in [1.807, 2.05) is 0 Å². The van der Waals surface area contributed by atoms with Crippen LogP contribution in [0, 0.1) is 5.82 Å². The van der Waals surface area contributed by atoms with E-state index < -0.39 is 11.7 Å². The minimum Gasteiger partial charge on any atom is -0.491 e. The molecule has 0 saturated carbocycles.